The minimum Gasteiger partial charge on any atom is -0.497 e. The monoisotopic (exact) mass is 260 g/mol. The molecule has 0 radical (unpaired) electrons. The van der Waals surface area contributed by atoms with Crippen molar-refractivity contribution in [3.63, 3.8) is 0 Å². The van der Waals surface area contributed by atoms with E-state index in [4.69, 9.17) is 15.5 Å². The molecule has 0 fully saturated rings. The summed E-state index contributed by atoms with van der Waals surface area (Å²) in [6.45, 7) is 0.703. The Balaban J connectivity index is 1.98. The lowest BCUT2D eigenvalue weighted by Crippen LogP contribution is -2.09. The largest absolute Gasteiger partial charge is 0.497 e. The summed E-state index contributed by atoms with van der Waals surface area (Å²) in [4.78, 5) is 6.18. The molecule has 2 aromatic rings. The van der Waals surface area contributed by atoms with E-state index in [2.05, 4.69) is 6.07 Å². The first-order valence-electron chi connectivity index (χ1n) is 6.16. The van der Waals surface area contributed by atoms with Crippen molar-refractivity contribution in [1.82, 2.24) is 4.98 Å². The topological polar surface area (TPSA) is 48.1 Å². The molecule has 0 bridgehead atoms. The van der Waals surface area contributed by atoms with E-state index in [1.165, 1.54) is 10.6 Å². The van der Waals surface area contributed by atoms with E-state index >= 15 is 0 Å². The maximum Gasteiger partial charge on any atom is 0.124 e. The van der Waals surface area contributed by atoms with Gasteiger partial charge in [0.25, 0.3) is 0 Å². The predicted octanol–water partition coefficient (Wildman–Crippen LogP) is 2.81. The first kappa shape index (κ1) is 11.7. The van der Waals surface area contributed by atoms with Gasteiger partial charge in [-0.3, -0.25) is 0 Å². The van der Waals surface area contributed by atoms with Gasteiger partial charge in [-0.05, 0) is 25.0 Å². The van der Waals surface area contributed by atoms with E-state index in [0.717, 1.165) is 29.2 Å². The van der Waals surface area contributed by atoms with Crippen LogP contribution in [0.25, 0.3) is 10.6 Å². The van der Waals surface area contributed by atoms with Crippen LogP contribution in [0, 0.1) is 0 Å². The Hall–Kier alpha value is -1.39. The van der Waals surface area contributed by atoms with Crippen LogP contribution < -0.4 is 10.5 Å². The van der Waals surface area contributed by atoms with E-state index in [9.17, 15) is 0 Å². The maximum absolute atomic E-state index is 5.79. The SMILES string of the molecule is COc1cccc(-c2nc3c(s2)CCC3CN)c1. The summed E-state index contributed by atoms with van der Waals surface area (Å²) in [5.74, 6) is 1.33. The predicted molar refractivity (Wildman–Crippen MR) is 74.2 cm³/mol. The molecule has 2 N–H and O–H groups in total. The summed E-state index contributed by atoms with van der Waals surface area (Å²) in [5, 5.41) is 1.08. The number of aromatic nitrogens is 1. The van der Waals surface area contributed by atoms with Gasteiger partial charge in [0.15, 0.2) is 0 Å². The molecule has 0 saturated heterocycles. The molecule has 0 aliphatic heterocycles. The van der Waals surface area contributed by atoms with Crippen molar-refractivity contribution in [3.05, 3.63) is 34.8 Å². The molecule has 3 rings (SSSR count). The summed E-state index contributed by atoms with van der Waals surface area (Å²) in [7, 11) is 1.69. The van der Waals surface area contributed by atoms with Gasteiger partial charge in [-0.25, -0.2) is 4.98 Å². The highest BCUT2D eigenvalue weighted by Gasteiger charge is 2.26. The van der Waals surface area contributed by atoms with Gasteiger partial charge in [0, 0.05) is 22.9 Å². The van der Waals surface area contributed by atoms with Crippen LogP contribution in [-0.4, -0.2) is 18.6 Å². The molecule has 3 nitrogen and oxygen atoms in total. The van der Waals surface area contributed by atoms with Crippen LogP contribution in [0.4, 0.5) is 0 Å². The fourth-order valence-corrected chi connectivity index (χ4v) is 3.57. The van der Waals surface area contributed by atoms with Gasteiger partial charge in [-0.1, -0.05) is 12.1 Å². The second kappa shape index (κ2) is 4.71. The highest BCUT2D eigenvalue weighted by atomic mass is 32.1. The molecule has 0 saturated carbocycles. The summed E-state index contributed by atoms with van der Waals surface area (Å²) < 4.78 is 5.25. The van der Waals surface area contributed by atoms with Crippen molar-refractivity contribution < 1.29 is 4.74 Å². The zero-order valence-corrected chi connectivity index (χ0v) is 11.2. The van der Waals surface area contributed by atoms with Crippen molar-refractivity contribution in [3.8, 4) is 16.3 Å². The van der Waals surface area contributed by atoms with Crippen molar-refractivity contribution in [1.29, 1.82) is 0 Å². The number of ether oxygens (including phenoxy) is 1. The van der Waals surface area contributed by atoms with Gasteiger partial charge in [0.1, 0.15) is 10.8 Å². The lowest BCUT2D eigenvalue weighted by molar-refractivity contribution is 0.415. The molecule has 0 spiro atoms. The van der Waals surface area contributed by atoms with Crippen LogP contribution in [0.3, 0.4) is 0 Å². The van der Waals surface area contributed by atoms with E-state index in [-0.39, 0.29) is 0 Å². The summed E-state index contributed by atoms with van der Waals surface area (Å²) in [5.41, 5.74) is 8.14. The van der Waals surface area contributed by atoms with Gasteiger partial charge in [-0.2, -0.15) is 0 Å². The number of nitrogens with two attached hydrogens (primary N) is 1. The first-order chi connectivity index (χ1) is 8.81. The number of thiazole rings is 1. The fraction of sp³-hybridized carbons (Fsp3) is 0.357. The van der Waals surface area contributed by atoms with Gasteiger partial charge in [-0.15, -0.1) is 11.3 Å². The molecule has 1 aromatic carbocycles. The number of hydrogen-bond acceptors (Lipinski definition) is 4. The van der Waals surface area contributed by atoms with Crippen LogP contribution in [0.5, 0.6) is 5.75 Å². The Bertz CT molecular complexity index is 565. The fourth-order valence-electron chi connectivity index (χ4n) is 2.41. The average molecular weight is 260 g/mol. The number of rotatable bonds is 3. The Morgan fingerprint density at radius 1 is 1.50 bits per heavy atom. The molecule has 1 aromatic heterocycles. The first-order valence-corrected chi connectivity index (χ1v) is 6.97. The zero-order chi connectivity index (χ0) is 12.5. The van der Waals surface area contributed by atoms with Crippen molar-refractivity contribution in [2.24, 2.45) is 5.73 Å². The van der Waals surface area contributed by atoms with Crippen LogP contribution >= 0.6 is 11.3 Å². The Morgan fingerprint density at radius 2 is 2.39 bits per heavy atom. The van der Waals surface area contributed by atoms with E-state index in [1.807, 2.05) is 18.2 Å². The molecule has 1 atom stereocenters. The molecule has 4 heteroatoms. The quantitative estimate of drug-likeness (QED) is 0.923. The molecule has 94 valence electrons. The highest BCUT2D eigenvalue weighted by molar-refractivity contribution is 7.15. The van der Waals surface area contributed by atoms with Crippen LogP contribution in [0.2, 0.25) is 0 Å². The highest BCUT2D eigenvalue weighted by Crippen LogP contribution is 2.39. The number of aryl methyl sites for hydroxylation is 1. The molecule has 1 unspecified atom stereocenters. The third-order valence-electron chi connectivity index (χ3n) is 3.44. The second-order valence-electron chi connectivity index (χ2n) is 4.53. The zero-order valence-electron chi connectivity index (χ0n) is 10.3. The van der Waals surface area contributed by atoms with Gasteiger partial charge in [0.05, 0.1) is 12.8 Å². The molecule has 0 amide bonds. The molecular weight excluding hydrogens is 244 g/mol. The number of hydrogen-bond donors (Lipinski definition) is 1. The van der Waals surface area contributed by atoms with E-state index < -0.39 is 0 Å². The van der Waals surface area contributed by atoms with Crippen molar-refractivity contribution in [2.45, 2.75) is 18.8 Å². The molecular formula is C14H16N2OS. The van der Waals surface area contributed by atoms with Crippen LogP contribution in [-0.2, 0) is 6.42 Å². The second-order valence-corrected chi connectivity index (χ2v) is 5.61. The van der Waals surface area contributed by atoms with Crippen molar-refractivity contribution in [2.75, 3.05) is 13.7 Å². The summed E-state index contributed by atoms with van der Waals surface area (Å²) in [6.07, 6.45) is 2.28. The number of nitrogens with zero attached hydrogens (tertiary/aromatic N) is 1. The molecule has 1 aliphatic rings. The van der Waals surface area contributed by atoms with E-state index in [0.29, 0.717) is 12.5 Å². The summed E-state index contributed by atoms with van der Waals surface area (Å²) in [6, 6.07) is 8.06. The van der Waals surface area contributed by atoms with Crippen LogP contribution in [0.1, 0.15) is 22.9 Å². The Kier molecular flexibility index (Phi) is 3.06. The average Bonchev–Trinajstić information content (AvgIpc) is 2.98. The number of methoxy groups -OCH3 is 1. The third kappa shape index (κ3) is 1.91. The minimum atomic E-state index is 0.454. The number of fused-ring (bicyclic) bond motifs is 1. The third-order valence-corrected chi connectivity index (χ3v) is 4.62. The van der Waals surface area contributed by atoms with Crippen LogP contribution in [0.15, 0.2) is 24.3 Å². The Morgan fingerprint density at radius 3 is 3.17 bits per heavy atom. The molecule has 1 aliphatic carbocycles. The van der Waals surface area contributed by atoms with Crippen molar-refractivity contribution >= 4 is 11.3 Å². The lowest BCUT2D eigenvalue weighted by atomic mass is 10.1. The molecule has 1 heterocycles. The molecule has 18 heavy (non-hydrogen) atoms. The van der Waals surface area contributed by atoms with Gasteiger partial charge < -0.3 is 10.5 Å². The maximum atomic E-state index is 5.79. The Labute approximate surface area is 111 Å². The summed E-state index contributed by atoms with van der Waals surface area (Å²) >= 11 is 1.79. The normalized spacial score (nSPS) is 17.8. The van der Waals surface area contributed by atoms with Gasteiger partial charge >= 0.3 is 0 Å². The lowest BCUT2D eigenvalue weighted by Gasteiger charge is -2.04. The minimum absolute atomic E-state index is 0.454. The van der Waals surface area contributed by atoms with E-state index in [1.54, 1.807) is 18.4 Å². The smallest absolute Gasteiger partial charge is 0.124 e. The standard InChI is InChI=1S/C14H16N2OS/c1-17-11-4-2-3-9(7-11)14-16-13-10(8-15)5-6-12(13)18-14/h2-4,7,10H,5-6,8,15H2,1H3. The number of benzene rings is 1. The van der Waals surface area contributed by atoms with Gasteiger partial charge in [0.2, 0.25) is 0 Å².